The van der Waals surface area contributed by atoms with Crippen LogP contribution in [-0.2, 0) is 0 Å². The summed E-state index contributed by atoms with van der Waals surface area (Å²) in [5, 5.41) is 11.4. The Labute approximate surface area is 65.4 Å². The summed E-state index contributed by atoms with van der Waals surface area (Å²) in [5.41, 5.74) is 6.78. The number of rotatable bonds is 2. The number of anilines is 1. The molecule has 11 heavy (non-hydrogen) atoms. The average Bonchev–Trinajstić information content (AvgIpc) is 2.06. The number of nitrogens with one attached hydrogen (secondary N) is 1. The number of benzene rings is 1. The lowest BCUT2D eigenvalue weighted by atomic mass is 10.2. The van der Waals surface area contributed by atoms with Crippen LogP contribution < -0.4 is 11.1 Å². The van der Waals surface area contributed by atoms with Gasteiger partial charge in [-0.05, 0) is 18.2 Å². The number of nitrogens with zero attached hydrogens (tertiary/aromatic N) is 1. The van der Waals surface area contributed by atoms with Gasteiger partial charge >= 0.3 is 0 Å². The minimum absolute atomic E-state index is 0.384. The van der Waals surface area contributed by atoms with Gasteiger partial charge in [-0.3, -0.25) is 0 Å². The molecule has 1 rings (SSSR count). The van der Waals surface area contributed by atoms with Crippen LogP contribution in [0.4, 0.5) is 5.69 Å². The Morgan fingerprint density at radius 2 is 2.36 bits per heavy atom. The monoisotopic (exact) mass is 147 g/mol. The molecule has 1 aromatic carbocycles. The van der Waals surface area contributed by atoms with Crippen LogP contribution in [0.1, 0.15) is 5.56 Å². The molecule has 0 fully saturated rings. The van der Waals surface area contributed by atoms with Crippen molar-refractivity contribution in [3.05, 3.63) is 29.8 Å². The zero-order valence-electron chi connectivity index (χ0n) is 6.04. The van der Waals surface area contributed by atoms with Crippen molar-refractivity contribution in [2.24, 2.45) is 5.73 Å². The van der Waals surface area contributed by atoms with Gasteiger partial charge < -0.3 is 11.1 Å². The van der Waals surface area contributed by atoms with Gasteiger partial charge in [0.2, 0.25) is 0 Å². The molecule has 0 aliphatic rings. The van der Waals surface area contributed by atoms with E-state index in [1.165, 1.54) is 0 Å². The van der Waals surface area contributed by atoms with E-state index in [2.05, 4.69) is 5.32 Å². The van der Waals surface area contributed by atoms with Gasteiger partial charge in [-0.2, -0.15) is 5.26 Å². The molecule has 0 heterocycles. The summed E-state index contributed by atoms with van der Waals surface area (Å²) >= 11 is 0. The number of nitriles is 1. The van der Waals surface area contributed by atoms with Crippen molar-refractivity contribution in [2.75, 3.05) is 12.0 Å². The molecular weight excluding hydrogens is 138 g/mol. The first-order valence-corrected chi connectivity index (χ1v) is 3.31. The van der Waals surface area contributed by atoms with Crippen LogP contribution in [0.25, 0.3) is 0 Å². The third-order valence-corrected chi connectivity index (χ3v) is 1.30. The van der Waals surface area contributed by atoms with Gasteiger partial charge in [0, 0.05) is 5.69 Å². The number of hydrogen-bond acceptors (Lipinski definition) is 3. The van der Waals surface area contributed by atoms with E-state index in [0.29, 0.717) is 12.2 Å². The molecule has 3 N–H and O–H groups in total. The Morgan fingerprint density at radius 1 is 1.55 bits per heavy atom. The summed E-state index contributed by atoms with van der Waals surface area (Å²) in [6, 6.07) is 9.24. The highest BCUT2D eigenvalue weighted by molar-refractivity contribution is 5.48. The predicted octanol–water partition coefficient (Wildman–Crippen LogP) is 0.886. The summed E-state index contributed by atoms with van der Waals surface area (Å²) in [7, 11) is 0. The van der Waals surface area contributed by atoms with E-state index in [1.807, 2.05) is 18.2 Å². The van der Waals surface area contributed by atoms with Crippen molar-refractivity contribution in [3.8, 4) is 6.07 Å². The summed E-state index contributed by atoms with van der Waals surface area (Å²) in [6.07, 6.45) is 0. The summed E-state index contributed by atoms with van der Waals surface area (Å²) in [5.74, 6) is 0. The van der Waals surface area contributed by atoms with Gasteiger partial charge in [0.15, 0.2) is 0 Å². The molecular formula is C8H9N3. The third kappa shape index (κ3) is 1.95. The van der Waals surface area contributed by atoms with Gasteiger partial charge in [-0.25, -0.2) is 0 Å². The molecule has 56 valence electrons. The molecule has 0 radical (unpaired) electrons. The maximum atomic E-state index is 8.52. The molecule has 3 heteroatoms. The van der Waals surface area contributed by atoms with Crippen LogP contribution in [0, 0.1) is 11.3 Å². The fourth-order valence-corrected chi connectivity index (χ4v) is 0.817. The summed E-state index contributed by atoms with van der Waals surface area (Å²) in [6.45, 7) is 0.384. The standard InChI is InChI=1S/C8H9N3/c9-5-7-2-1-3-8(4-7)11-6-10/h1-4,11H,6,10H2. The van der Waals surface area contributed by atoms with Crippen LogP contribution in [-0.4, -0.2) is 6.67 Å². The molecule has 0 atom stereocenters. The summed E-state index contributed by atoms with van der Waals surface area (Å²) < 4.78 is 0. The lowest BCUT2D eigenvalue weighted by molar-refractivity contribution is 1.14. The number of hydrogen-bond donors (Lipinski definition) is 2. The van der Waals surface area contributed by atoms with Crippen LogP contribution in [0.5, 0.6) is 0 Å². The normalized spacial score (nSPS) is 8.73. The molecule has 0 bridgehead atoms. The highest BCUT2D eigenvalue weighted by Gasteiger charge is 1.90. The molecule has 1 aromatic rings. The van der Waals surface area contributed by atoms with Gasteiger partial charge in [0.1, 0.15) is 0 Å². The van der Waals surface area contributed by atoms with E-state index in [4.69, 9.17) is 11.0 Å². The van der Waals surface area contributed by atoms with Crippen LogP contribution in [0.15, 0.2) is 24.3 Å². The Kier molecular flexibility index (Phi) is 2.47. The van der Waals surface area contributed by atoms with Gasteiger partial charge in [-0.1, -0.05) is 6.07 Å². The van der Waals surface area contributed by atoms with E-state index < -0.39 is 0 Å². The molecule has 0 saturated carbocycles. The first-order valence-electron chi connectivity index (χ1n) is 3.31. The average molecular weight is 147 g/mol. The van der Waals surface area contributed by atoms with E-state index in [9.17, 15) is 0 Å². The van der Waals surface area contributed by atoms with E-state index in [-0.39, 0.29) is 0 Å². The Bertz CT molecular complexity index is 275. The van der Waals surface area contributed by atoms with Crippen LogP contribution >= 0.6 is 0 Å². The second-order valence-electron chi connectivity index (χ2n) is 2.07. The maximum Gasteiger partial charge on any atom is 0.0992 e. The molecule has 0 amide bonds. The maximum absolute atomic E-state index is 8.52. The number of nitrogens with two attached hydrogens (primary N) is 1. The van der Waals surface area contributed by atoms with Gasteiger partial charge in [0.25, 0.3) is 0 Å². The fourth-order valence-electron chi connectivity index (χ4n) is 0.817. The zero-order valence-corrected chi connectivity index (χ0v) is 6.04. The fraction of sp³-hybridized carbons (Fsp3) is 0.125. The van der Waals surface area contributed by atoms with Crippen molar-refractivity contribution in [3.63, 3.8) is 0 Å². The van der Waals surface area contributed by atoms with Gasteiger partial charge in [0.05, 0.1) is 18.3 Å². The Morgan fingerprint density at radius 3 is 3.00 bits per heavy atom. The van der Waals surface area contributed by atoms with Crippen molar-refractivity contribution in [1.29, 1.82) is 5.26 Å². The molecule has 0 aromatic heterocycles. The van der Waals surface area contributed by atoms with Gasteiger partial charge in [-0.15, -0.1) is 0 Å². The van der Waals surface area contributed by atoms with E-state index in [0.717, 1.165) is 5.69 Å². The molecule has 0 unspecified atom stereocenters. The van der Waals surface area contributed by atoms with E-state index >= 15 is 0 Å². The van der Waals surface area contributed by atoms with Crippen molar-refractivity contribution < 1.29 is 0 Å². The van der Waals surface area contributed by atoms with Crippen molar-refractivity contribution >= 4 is 5.69 Å². The van der Waals surface area contributed by atoms with Crippen LogP contribution in [0.2, 0.25) is 0 Å². The second kappa shape index (κ2) is 3.59. The second-order valence-corrected chi connectivity index (χ2v) is 2.07. The smallest absolute Gasteiger partial charge is 0.0992 e. The molecule has 0 spiro atoms. The van der Waals surface area contributed by atoms with Crippen molar-refractivity contribution in [1.82, 2.24) is 0 Å². The van der Waals surface area contributed by atoms with Crippen molar-refractivity contribution in [2.45, 2.75) is 0 Å². The zero-order chi connectivity index (χ0) is 8.10. The predicted molar refractivity (Wildman–Crippen MR) is 43.8 cm³/mol. The Balaban J connectivity index is 2.85. The largest absolute Gasteiger partial charge is 0.373 e. The lowest BCUT2D eigenvalue weighted by Crippen LogP contribution is -2.10. The summed E-state index contributed by atoms with van der Waals surface area (Å²) in [4.78, 5) is 0. The molecule has 0 saturated heterocycles. The van der Waals surface area contributed by atoms with Crippen LogP contribution in [0.3, 0.4) is 0 Å². The minimum atomic E-state index is 0.384. The quantitative estimate of drug-likeness (QED) is 0.610. The molecule has 0 aliphatic heterocycles. The molecule has 3 nitrogen and oxygen atoms in total. The minimum Gasteiger partial charge on any atom is -0.373 e. The molecule has 0 aliphatic carbocycles. The third-order valence-electron chi connectivity index (χ3n) is 1.30. The highest BCUT2D eigenvalue weighted by atomic mass is 15.0. The first-order chi connectivity index (χ1) is 5.36. The lowest BCUT2D eigenvalue weighted by Gasteiger charge is -2.01. The Hall–Kier alpha value is -1.53. The van der Waals surface area contributed by atoms with E-state index in [1.54, 1.807) is 12.1 Å². The SMILES string of the molecule is N#Cc1cccc(NCN)c1. The highest BCUT2D eigenvalue weighted by Crippen LogP contribution is 2.08. The topological polar surface area (TPSA) is 61.8 Å². The first kappa shape index (κ1) is 7.58.